The van der Waals surface area contributed by atoms with Crippen LogP contribution in [0.25, 0.3) is 11.3 Å². The first kappa shape index (κ1) is 19.5. The lowest BCUT2D eigenvalue weighted by molar-refractivity contribution is -0.122. The smallest absolute Gasteiger partial charge is 0.267 e. The van der Waals surface area contributed by atoms with Gasteiger partial charge in [0.15, 0.2) is 0 Å². The molecule has 0 saturated heterocycles. The zero-order valence-electron chi connectivity index (χ0n) is 13.8. The van der Waals surface area contributed by atoms with E-state index in [-0.39, 0.29) is 30.7 Å². The Hall–Kier alpha value is -1.83. The Morgan fingerprint density at radius 2 is 2.04 bits per heavy atom. The van der Waals surface area contributed by atoms with Gasteiger partial charge in [0, 0.05) is 16.7 Å². The van der Waals surface area contributed by atoms with Gasteiger partial charge in [-0.3, -0.25) is 9.59 Å². The van der Waals surface area contributed by atoms with Crippen molar-refractivity contribution in [1.82, 2.24) is 15.1 Å². The topological polar surface area (TPSA) is 84.2 Å². The lowest BCUT2D eigenvalue weighted by Crippen LogP contribution is -2.41. The van der Waals surface area contributed by atoms with Gasteiger partial charge in [0.25, 0.3) is 5.56 Å². The first-order valence-electron chi connectivity index (χ1n) is 7.76. The predicted molar refractivity (Wildman–Crippen MR) is 101 cm³/mol. The van der Waals surface area contributed by atoms with E-state index in [1.54, 1.807) is 42.1 Å². The average molecular weight is 382 g/mol. The first-order chi connectivity index (χ1) is 12.0. The first-order valence-corrected chi connectivity index (χ1v) is 9.54. The molecule has 8 heteroatoms. The Balaban J connectivity index is 2.11. The Kier molecular flexibility index (Phi) is 7.49. The van der Waals surface area contributed by atoms with Gasteiger partial charge in [-0.2, -0.15) is 16.9 Å². The zero-order chi connectivity index (χ0) is 18.2. The molecule has 1 aromatic carbocycles. The van der Waals surface area contributed by atoms with Crippen molar-refractivity contribution in [2.45, 2.75) is 19.0 Å². The molecule has 25 heavy (non-hydrogen) atoms. The highest BCUT2D eigenvalue weighted by atomic mass is 35.5. The Labute approximate surface area is 155 Å². The van der Waals surface area contributed by atoms with Crippen molar-refractivity contribution >= 4 is 29.3 Å². The van der Waals surface area contributed by atoms with Crippen molar-refractivity contribution in [3.8, 4) is 11.3 Å². The molecule has 1 amide bonds. The van der Waals surface area contributed by atoms with E-state index < -0.39 is 0 Å². The molecule has 134 valence electrons. The van der Waals surface area contributed by atoms with Crippen LogP contribution in [0.1, 0.15) is 6.42 Å². The van der Waals surface area contributed by atoms with Crippen molar-refractivity contribution in [3.05, 3.63) is 51.8 Å². The third kappa shape index (κ3) is 5.88. The van der Waals surface area contributed by atoms with Crippen LogP contribution in [0.5, 0.6) is 0 Å². The van der Waals surface area contributed by atoms with Gasteiger partial charge >= 0.3 is 0 Å². The number of halogens is 1. The Morgan fingerprint density at radius 1 is 1.32 bits per heavy atom. The van der Waals surface area contributed by atoms with Crippen molar-refractivity contribution in [2.24, 2.45) is 0 Å². The third-order valence-corrected chi connectivity index (χ3v) is 4.45. The fraction of sp³-hybridized carbons (Fsp3) is 0.353. The molecule has 0 saturated carbocycles. The Morgan fingerprint density at radius 3 is 2.68 bits per heavy atom. The van der Waals surface area contributed by atoms with Gasteiger partial charge in [0.2, 0.25) is 5.91 Å². The number of aliphatic hydroxyl groups is 1. The molecule has 0 aliphatic rings. The lowest BCUT2D eigenvalue weighted by atomic mass is 10.1. The van der Waals surface area contributed by atoms with Crippen LogP contribution >= 0.6 is 23.4 Å². The predicted octanol–water partition coefficient (Wildman–Crippen LogP) is 1.79. The minimum atomic E-state index is -0.363. The largest absolute Gasteiger partial charge is 0.394 e. The van der Waals surface area contributed by atoms with E-state index in [0.717, 1.165) is 16.0 Å². The van der Waals surface area contributed by atoms with Crippen LogP contribution in [0.2, 0.25) is 5.02 Å². The van der Waals surface area contributed by atoms with Crippen LogP contribution in [-0.2, 0) is 11.3 Å². The molecule has 0 unspecified atom stereocenters. The SMILES string of the molecule is CSCC[C@@H](CO)NC(=O)Cn1nc(-c2ccc(Cl)cc2)ccc1=O. The highest BCUT2D eigenvalue weighted by Gasteiger charge is 2.13. The van der Waals surface area contributed by atoms with Crippen molar-refractivity contribution < 1.29 is 9.90 Å². The Bertz CT molecular complexity index is 764. The maximum Gasteiger partial charge on any atom is 0.267 e. The summed E-state index contributed by atoms with van der Waals surface area (Å²) in [7, 11) is 0. The number of carbonyl (C=O) groups is 1. The molecule has 0 fully saturated rings. The summed E-state index contributed by atoms with van der Waals surface area (Å²) in [5, 5.41) is 16.9. The molecule has 0 aliphatic heterocycles. The second kappa shape index (κ2) is 9.60. The van der Waals surface area contributed by atoms with E-state index >= 15 is 0 Å². The molecule has 0 radical (unpaired) electrons. The van der Waals surface area contributed by atoms with Gasteiger partial charge in [-0.25, -0.2) is 4.68 Å². The minimum Gasteiger partial charge on any atom is -0.394 e. The number of thioether (sulfide) groups is 1. The summed E-state index contributed by atoms with van der Waals surface area (Å²) >= 11 is 7.51. The second-order valence-corrected chi connectivity index (χ2v) is 6.87. The summed E-state index contributed by atoms with van der Waals surface area (Å²) in [6, 6.07) is 9.72. The number of nitrogens with zero attached hydrogens (tertiary/aromatic N) is 2. The molecule has 6 nitrogen and oxygen atoms in total. The summed E-state index contributed by atoms with van der Waals surface area (Å²) in [5.41, 5.74) is 1.01. The fourth-order valence-corrected chi connectivity index (χ4v) is 2.86. The van der Waals surface area contributed by atoms with E-state index in [2.05, 4.69) is 10.4 Å². The van der Waals surface area contributed by atoms with Crippen LogP contribution in [0.4, 0.5) is 0 Å². The summed E-state index contributed by atoms with van der Waals surface area (Å²) in [6.45, 7) is -0.338. The molecule has 1 atom stereocenters. The molecule has 0 bridgehead atoms. The number of hydrogen-bond acceptors (Lipinski definition) is 5. The summed E-state index contributed by atoms with van der Waals surface area (Å²) < 4.78 is 1.11. The van der Waals surface area contributed by atoms with E-state index in [9.17, 15) is 14.7 Å². The van der Waals surface area contributed by atoms with E-state index in [1.165, 1.54) is 6.07 Å². The van der Waals surface area contributed by atoms with E-state index in [1.807, 2.05) is 6.26 Å². The maximum absolute atomic E-state index is 12.1. The lowest BCUT2D eigenvalue weighted by Gasteiger charge is -2.16. The quantitative estimate of drug-likeness (QED) is 0.728. The number of rotatable bonds is 8. The van der Waals surface area contributed by atoms with Crippen LogP contribution < -0.4 is 10.9 Å². The van der Waals surface area contributed by atoms with Crippen LogP contribution in [0.3, 0.4) is 0 Å². The number of aromatic nitrogens is 2. The molecule has 0 aliphatic carbocycles. The van der Waals surface area contributed by atoms with Crippen molar-refractivity contribution in [2.75, 3.05) is 18.6 Å². The summed E-state index contributed by atoms with van der Waals surface area (Å²) in [6.07, 6.45) is 2.62. The maximum atomic E-state index is 12.1. The molecule has 0 spiro atoms. The summed E-state index contributed by atoms with van der Waals surface area (Å²) in [4.78, 5) is 24.1. The normalized spacial score (nSPS) is 12.0. The number of carbonyl (C=O) groups excluding carboxylic acids is 1. The number of aliphatic hydroxyl groups excluding tert-OH is 1. The van der Waals surface area contributed by atoms with Gasteiger partial charge in [0.1, 0.15) is 6.54 Å². The molecule has 2 N–H and O–H groups in total. The average Bonchev–Trinajstić information content (AvgIpc) is 2.61. The molecule has 2 aromatic rings. The molecule has 1 heterocycles. The van der Waals surface area contributed by atoms with E-state index in [0.29, 0.717) is 17.1 Å². The fourth-order valence-electron chi connectivity index (χ4n) is 2.22. The van der Waals surface area contributed by atoms with Gasteiger partial charge in [-0.05, 0) is 36.6 Å². The highest BCUT2D eigenvalue weighted by molar-refractivity contribution is 7.98. The van der Waals surface area contributed by atoms with Gasteiger partial charge < -0.3 is 10.4 Å². The molecule has 1 aromatic heterocycles. The number of amides is 1. The molecule has 2 rings (SSSR count). The standard InChI is InChI=1S/C17H20ClN3O3S/c1-25-9-8-14(11-22)19-16(23)10-21-17(24)7-6-15(20-21)12-2-4-13(18)5-3-12/h2-7,14,22H,8-11H2,1H3,(H,19,23)/t14-/m0/s1. The van der Waals surface area contributed by atoms with Crippen LogP contribution in [0, 0.1) is 0 Å². The van der Waals surface area contributed by atoms with Crippen LogP contribution in [0.15, 0.2) is 41.2 Å². The number of benzene rings is 1. The highest BCUT2D eigenvalue weighted by Crippen LogP contribution is 2.18. The van der Waals surface area contributed by atoms with Gasteiger partial charge in [-0.1, -0.05) is 23.7 Å². The molecular weight excluding hydrogens is 362 g/mol. The second-order valence-electron chi connectivity index (χ2n) is 5.45. The van der Waals surface area contributed by atoms with Crippen molar-refractivity contribution in [1.29, 1.82) is 0 Å². The van der Waals surface area contributed by atoms with Gasteiger partial charge in [0.05, 0.1) is 18.3 Å². The number of nitrogens with one attached hydrogen (secondary N) is 1. The molecular formula is C17H20ClN3O3S. The monoisotopic (exact) mass is 381 g/mol. The van der Waals surface area contributed by atoms with Crippen LogP contribution in [-0.4, -0.2) is 45.5 Å². The van der Waals surface area contributed by atoms with Crippen molar-refractivity contribution in [3.63, 3.8) is 0 Å². The van der Waals surface area contributed by atoms with Gasteiger partial charge in [-0.15, -0.1) is 0 Å². The third-order valence-electron chi connectivity index (χ3n) is 3.56. The zero-order valence-corrected chi connectivity index (χ0v) is 15.4. The number of hydrogen-bond donors (Lipinski definition) is 2. The minimum absolute atomic E-state index is 0.139. The summed E-state index contributed by atoms with van der Waals surface area (Å²) in [5.74, 6) is 0.471. The van der Waals surface area contributed by atoms with E-state index in [4.69, 9.17) is 11.6 Å².